The van der Waals surface area contributed by atoms with Gasteiger partial charge in [0.15, 0.2) is 0 Å². The average Bonchev–Trinajstić information content (AvgIpc) is 2.47. The highest BCUT2D eigenvalue weighted by molar-refractivity contribution is 7.99. The Hall–Kier alpha value is -1.67. The Labute approximate surface area is 127 Å². The Morgan fingerprint density at radius 3 is 2.33 bits per heavy atom. The van der Waals surface area contributed by atoms with Crippen LogP contribution in [0.2, 0.25) is 0 Å². The molecular weight excluding hydrogens is 294 g/mol. The first-order chi connectivity index (χ1) is 9.99. The van der Waals surface area contributed by atoms with E-state index < -0.39 is 9.85 Å². The molecule has 0 heterocycles. The smallest absolute Gasteiger partial charge is 0.289 e. The third-order valence-corrected chi connectivity index (χ3v) is 4.27. The molecule has 0 unspecified atom stereocenters. The molecule has 1 aromatic carbocycles. The van der Waals surface area contributed by atoms with Gasteiger partial charge >= 0.3 is 0 Å². The Morgan fingerprint density at radius 2 is 1.81 bits per heavy atom. The second-order valence-electron chi connectivity index (χ2n) is 4.40. The third-order valence-electron chi connectivity index (χ3n) is 3.12. The zero-order chi connectivity index (χ0) is 15.8. The average molecular weight is 313 g/mol. The highest BCUT2D eigenvalue weighted by Crippen LogP contribution is 2.32. The molecule has 0 aliphatic rings. The van der Waals surface area contributed by atoms with Gasteiger partial charge in [0.2, 0.25) is 0 Å². The standard InChI is InChI=1S/C13H19N3O4S/c1-3-14(4-2)8-5-9-21-13-7-6-11(15(17)18)10-12(13)16(19)20/h6-7,10H,3-5,8-9H2,1-2H3. The van der Waals surface area contributed by atoms with Gasteiger partial charge in [0.25, 0.3) is 11.4 Å². The summed E-state index contributed by atoms with van der Waals surface area (Å²) in [4.78, 5) is 23.2. The van der Waals surface area contributed by atoms with Crippen molar-refractivity contribution in [3.05, 3.63) is 38.4 Å². The van der Waals surface area contributed by atoms with Gasteiger partial charge in [-0.3, -0.25) is 20.2 Å². The number of hydrogen-bond acceptors (Lipinski definition) is 6. The van der Waals surface area contributed by atoms with Crippen LogP contribution in [-0.4, -0.2) is 40.1 Å². The molecule has 116 valence electrons. The summed E-state index contributed by atoms with van der Waals surface area (Å²) >= 11 is 1.37. The van der Waals surface area contributed by atoms with E-state index >= 15 is 0 Å². The van der Waals surface area contributed by atoms with Crippen LogP contribution in [0.3, 0.4) is 0 Å². The van der Waals surface area contributed by atoms with Crippen molar-refractivity contribution in [1.29, 1.82) is 0 Å². The largest absolute Gasteiger partial charge is 0.304 e. The van der Waals surface area contributed by atoms with Crippen molar-refractivity contribution in [2.75, 3.05) is 25.4 Å². The molecule has 1 rings (SSSR count). The fourth-order valence-corrected chi connectivity index (χ4v) is 2.83. The molecule has 0 aliphatic heterocycles. The third kappa shape index (κ3) is 5.31. The normalized spacial score (nSPS) is 10.8. The minimum absolute atomic E-state index is 0.197. The Bertz CT molecular complexity index is 506. The number of thioether (sulfide) groups is 1. The van der Waals surface area contributed by atoms with Crippen molar-refractivity contribution < 1.29 is 9.85 Å². The molecule has 0 aromatic heterocycles. The predicted octanol–water partition coefficient (Wildman–Crippen LogP) is 3.33. The van der Waals surface area contributed by atoms with Crippen molar-refractivity contribution in [2.24, 2.45) is 0 Å². The molecule has 21 heavy (non-hydrogen) atoms. The number of rotatable bonds is 9. The van der Waals surface area contributed by atoms with Gasteiger partial charge in [0, 0.05) is 6.07 Å². The van der Waals surface area contributed by atoms with Crippen LogP contribution in [0.4, 0.5) is 11.4 Å². The van der Waals surface area contributed by atoms with Gasteiger partial charge in [0.1, 0.15) is 0 Å². The van der Waals surface area contributed by atoms with Gasteiger partial charge in [-0.05, 0) is 37.9 Å². The fourth-order valence-electron chi connectivity index (χ4n) is 1.89. The summed E-state index contributed by atoms with van der Waals surface area (Å²) < 4.78 is 0. The van der Waals surface area contributed by atoms with Crippen molar-refractivity contribution >= 4 is 23.1 Å². The van der Waals surface area contributed by atoms with Crippen molar-refractivity contribution in [3.63, 3.8) is 0 Å². The minimum atomic E-state index is -0.623. The second-order valence-corrected chi connectivity index (χ2v) is 5.53. The molecule has 0 amide bonds. The van der Waals surface area contributed by atoms with Gasteiger partial charge in [-0.2, -0.15) is 0 Å². The van der Waals surface area contributed by atoms with E-state index in [9.17, 15) is 20.2 Å². The zero-order valence-electron chi connectivity index (χ0n) is 12.2. The number of nitro groups is 2. The number of benzene rings is 1. The van der Waals surface area contributed by atoms with Crippen molar-refractivity contribution in [2.45, 2.75) is 25.2 Å². The van der Waals surface area contributed by atoms with Gasteiger partial charge in [-0.25, -0.2) is 0 Å². The van der Waals surface area contributed by atoms with Crippen LogP contribution in [0.25, 0.3) is 0 Å². The first kappa shape index (κ1) is 17.4. The number of nitro benzene ring substituents is 2. The minimum Gasteiger partial charge on any atom is -0.304 e. The van der Waals surface area contributed by atoms with Crippen LogP contribution in [-0.2, 0) is 0 Å². The van der Waals surface area contributed by atoms with Crippen molar-refractivity contribution in [3.8, 4) is 0 Å². The van der Waals surface area contributed by atoms with Gasteiger partial charge in [-0.1, -0.05) is 13.8 Å². The van der Waals surface area contributed by atoms with E-state index in [1.807, 2.05) is 0 Å². The van der Waals surface area contributed by atoms with E-state index in [2.05, 4.69) is 18.7 Å². The first-order valence-corrected chi connectivity index (χ1v) is 7.76. The van der Waals surface area contributed by atoms with E-state index in [1.165, 1.54) is 23.9 Å². The fraction of sp³-hybridized carbons (Fsp3) is 0.538. The summed E-state index contributed by atoms with van der Waals surface area (Å²) in [6.45, 7) is 7.11. The van der Waals surface area contributed by atoms with Gasteiger partial charge in [0.05, 0.1) is 20.8 Å². The first-order valence-electron chi connectivity index (χ1n) is 6.77. The number of nitrogens with zero attached hydrogens (tertiary/aromatic N) is 3. The van der Waals surface area contributed by atoms with E-state index in [0.29, 0.717) is 4.90 Å². The molecule has 0 radical (unpaired) electrons. The molecule has 0 saturated heterocycles. The molecule has 0 aliphatic carbocycles. The lowest BCUT2D eigenvalue weighted by Crippen LogP contribution is -2.24. The summed E-state index contributed by atoms with van der Waals surface area (Å²) in [5.74, 6) is 0.745. The quantitative estimate of drug-likeness (QED) is 0.301. The van der Waals surface area contributed by atoms with Crippen molar-refractivity contribution in [1.82, 2.24) is 4.90 Å². The zero-order valence-corrected chi connectivity index (χ0v) is 13.0. The Balaban J connectivity index is 2.66. The molecule has 0 atom stereocenters. The van der Waals surface area contributed by atoms with E-state index in [-0.39, 0.29) is 11.4 Å². The lowest BCUT2D eigenvalue weighted by atomic mass is 10.3. The maximum Gasteiger partial charge on any atom is 0.289 e. The highest BCUT2D eigenvalue weighted by Gasteiger charge is 2.19. The molecule has 8 heteroatoms. The summed E-state index contributed by atoms with van der Waals surface area (Å²) in [7, 11) is 0. The molecule has 0 N–H and O–H groups in total. The highest BCUT2D eigenvalue weighted by atomic mass is 32.2. The van der Waals surface area contributed by atoms with Gasteiger partial charge in [-0.15, -0.1) is 11.8 Å². The summed E-state index contributed by atoms with van der Waals surface area (Å²) in [5.41, 5.74) is -0.453. The maximum atomic E-state index is 11.0. The van der Waals surface area contributed by atoms with Crippen LogP contribution < -0.4 is 0 Å². The van der Waals surface area contributed by atoms with Crippen LogP contribution in [0.5, 0.6) is 0 Å². The summed E-state index contributed by atoms with van der Waals surface area (Å²) in [6, 6.07) is 3.78. The molecule has 1 aromatic rings. The monoisotopic (exact) mass is 313 g/mol. The number of non-ortho nitro benzene ring substituents is 1. The predicted molar refractivity (Wildman–Crippen MR) is 82.9 cm³/mol. The SMILES string of the molecule is CCN(CC)CCCSc1ccc([N+](=O)[O-])cc1[N+](=O)[O-]. The molecule has 0 spiro atoms. The molecule has 0 saturated carbocycles. The Kier molecular flexibility index (Phi) is 7.10. The van der Waals surface area contributed by atoms with Crippen LogP contribution in [0, 0.1) is 20.2 Å². The topological polar surface area (TPSA) is 89.5 Å². The van der Waals surface area contributed by atoms with Crippen LogP contribution in [0.1, 0.15) is 20.3 Å². The Morgan fingerprint density at radius 1 is 1.14 bits per heavy atom. The lowest BCUT2D eigenvalue weighted by molar-refractivity contribution is -0.396. The van der Waals surface area contributed by atoms with Gasteiger partial charge < -0.3 is 4.90 Å². The van der Waals surface area contributed by atoms with Crippen LogP contribution >= 0.6 is 11.8 Å². The lowest BCUT2D eigenvalue weighted by Gasteiger charge is -2.17. The van der Waals surface area contributed by atoms with E-state index in [4.69, 9.17) is 0 Å². The molecular formula is C13H19N3O4S. The summed E-state index contributed by atoms with van der Waals surface area (Å²) in [5, 5.41) is 21.7. The number of hydrogen-bond donors (Lipinski definition) is 0. The van der Waals surface area contributed by atoms with E-state index in [1.54, 1.807) is 0 Å². The van der Waals surface area contributed by atoms with E-state index in [0.717, 1.165) is 37.9 Å². The second kappa shape index (κ2) is 8.58. The van der Waals surface area contributed by atoms with Crippen LogP contribution in [0.15, 0.2) is 23.1 Å². The molecule has 7 nitrogen and oxygen atoms in total. The molecule has 0 bridgehead atoms. The summed E-state index contributed by atoms with van der Waals surface area (Å²) in [6.07, 6.45) is 0.917. The molecule has 0 fully saturated rings. The maximum absolute atomic E-state index is 11.0.